The molecule has 1 aromatic carbocycles. The SMILES string of the molecule is CCNC(=O)[C@H](C)N[C@H](C)c1ccc(OC)c(Br)c1. The van der Waals surface area contributed by atoms with Gasteiger partial charge in [0.25, 0.3) is 0 Å². The Kier molecular flexibility index (Phi) is 6.31. The van der Waals surface area contributed by atoms with Crippen LogP contribution in [0, 0.1) is 0 Å². The first-order valence-corrected chi connectivity index (χ1v) is 7.16. The van der Waals surface area contributed by atoms with Crippen LogP contribution in [0.5, 0.6) is 5.75 Å². The minimum absolute atomic E-state index is 0.0157. The molecule has 0 aromatic heterocycles. The summed E-state index contributed by atoms with van der Waals surface area (Å²) in [5, 5.41) is 6.07. The lowest BCUT2D eigenvalue weighted by Crippen LogP contribution is -2.43. The fourth-order valence-electron chi connectivity index (χ4n) is 1.83. The molecule has 0 aliphatic rings. The Morgan fingerprint density at radius 2 is 2.11 bits per heavy atom. The number of carbonyl (C=O) groups is 1. The zero-order valence-electron chi connectivity index (χ0n) is 11.8. The second-order valence-corrected chi connectivity index (χ2v) is 5.25. The summed E-state index contributed by atoms with van der Waals surface area (Å²) in [6, 6.07) is 5.76. The maximum absolute atomic E-state index is 11.7. The van der Waals surface area contributed by atoms with Gasteiger partial charge in [0.1, 0.15) is 5.75 Å². The van der Waals surface area contributed by atoms with Gasteiger partial charge in [0.05, 0.1) is 17.6 Å². The van der Waals surface area contributed by atoms with Crippen molar-refractivity contribution in [2.75, 3.05) is 13.7 Å². The predicted molar refractivity (Wildman–Crippen MR) is 80.4 cm³/mol. The summed E-state index contributed by atoms with van der Waals surface area (Å²) in [4.78, 5) is 11.7. The van der Waals surface area contributed by atoms with Crippen LogP contribution >= 0.6 is 15.9 Å². The van der Waals surface area contributed by atoms with Crippen molar-refractivity contribution >= 4 is 21.8 Å². The Morgan fingerprint density at radius 1 is 1.42 bits per heavy atom. The van der Waals surface area contributed by atoms with Gasteiger partial charge in [0.15, 0.2) is 0 Å². The molecule has 1 aromatic rings. The Balaban J connectivity index is 2.70. The Bertz CT molecular complexity index is 437. The van der Waals surface area contributed by atoms with Gasteiger partial charge in [-0.3, -0.25) is 10.1 Å². The summed E-state index contributed by atoms with van der Waals surface area (Å²) in [6.45, 7) is 6.45. The van der Waals surface area contributed by atoms with Crippen molar-refractivity contribution in [3.63, 3.8) is 0 Å². The molecule has 0 heterocycles. The number of methoxy groups -OCH3 is 1. The van der Waals surface area contributed by atoms with Crippen LogP contribution < -0.4 is 15.4 Å². The lowest BCUT2D eigenvalue weighted by atomic mass is 10.1. The van der Waals surface area contributed by atoms with Gasteiger partial charge in [-0.1, -0.05) is 6.07 Å². The van der Waals surface area contributed by atoms with Crippen LogP contribution in [0.3, 0.4) is 0 Å². The van der Waals surface area contributed by atoms with Gasteiger partial charge in [-0.15, -0.1) is 0 Å². The molecule has 0 saturated heterocycles. The highest BCUT2D eigenvalue weighted by molar-refractivity contribution is 9.10. The van der Waals surface area contributed by atoms with Gasteiger partial charge in [-0.05, 0) is 54.4 Å². The maximum Gasteiger partial charge on any atom is 0.236 e. The van der Waals surface area contributed by atoms with Crippen LogP contribution in [-0.4, -0.2) is 25.6 Å². The molecule has 1 rings (SSSR count). The first-order chi connectivity index (χ1) is 8.99. The number of ether oxygens (including phenoxy) is 1. The van der Waals surface area contributed by atoms with E-state index in [0.717, 1.165) is 15.8 Å². The molecular formula is C14H21BrN2O2. The highest BCUT2D eigenvalue weighted by Crippen LogP contribution is 2.28. The zero-order valence-corrected chi connectivity index (χ0v) is 13.4. The highest BCUT2D eigenvalue weighted by atomic mass is 79.9. The standard InChI is InChI=1S/C14H21BrN2O2/c1-5-16-14(18)10(3)17-9(2)11-6-7-13(19-4)12(15)8-11/h6-10,17H,5H2,1-4H3,(H,16,18)/t9-,10+/m1/s1. The molecular weight excluding hydrogens is 308 g/mol. The Hall–Kier alpha value is -1.07. The topological polar surface area (TPSA) is 50.4 Å². The van der Waals surface area contributed by atoms with Crippen LogP contribution in [-0.2, 0) is 4.79 Å². The molecule has 19 heavy (non-hydrogen) atoms. The summed E-state index contributed by atoms with van der Waals surface area (Å²) in [5.41, 5.74) is 1.10. The van der Waals surface area contributed by atoms with Crippen molar-refractivity contribution in [3.05, 3.63) is 28.2 Å². The summed E-state index contributed by atoms with van der Waals surface area (Å²) >= 11 is 3.46. The average Bonchev–Trinajstić information content (AvgIpc) is 2.38. The number of likely N-dealkylation sites (N-methyl/N-ethyl adjacent to an activating group) is 1. The van der Waals surface area contributed by atoms with Crippen molar-refractivity contribution < 1.29 is 9.53 Å². The smallest absolute Gasteiger partial charge is 0.236 e. The minimum atomic E-state index is -0.226. The first kappa shape index (κ1) is 16.0. The van der Waals surface area contributed by atoms with Gasteiger partial charge >= 0.3 is 0 Å². The van der Waals surface area contributed by atoms with Crippen LogP contribution in [0.25, 0.3) is 0 Å². The normalized spacial score (nSPS) is 13.7. The molecule has 0 radical (unpaired) electrons. The second-order valence-electron chi connectivity index (χ2n) is 4.40. The van der Waals surface area contributed by atoms with Crippen molar-refractivity contribution in [1.82, 2.24) is 10.6 Å². The van der Waals surface area contributed by atoms with Crippen molar-refractivity contribution in [2.24, 2.45) is 0 Å². The number of amides is 1. The third-order valence-corrected chi connectivity index (χ3v) is 3.54. The van der Waals surface area contributed by atoms with E-state index in [4.69, 9.17) is 4.74 Å². The number of halogens is 1. The van der Waals surface area contributed by atoms with E-state index < -0.39 is 0 Å². The number of carbonyl (C=O) groups excluding carboxylic acids is 1. The summed E-state index contributed by atoms with van der Waals surface area (Å²) in [6.07, 6.45) is 0. The van der Waals surface area contributed by atoms with Crippen molar-refractivity contribution in [3.8, 4) is 5.75 Å². The largest absolute Gasteiger partial charge is 0.496 e. The van der Waals surface area contributed by atoms with E-state index in [0.29, 0.717) is 6.54 Å². The molecule has 0 aliphatic carbocycles. The predicted octanol–water partition coefficient (Wildman–Crippen LogP) is 2.63. The molecule has 0 bridgehead atoms. The molecule has 4 nitrogen and oxygen atoms in total. The molecule has 0 spiro atoms. The molecule has 0 fully saturated rings. The highest BCUT2D eigenvalue weighted by Gasteiger charge is 2.16. The van der Waals surface area contributed by atoms with E-state index in [-0.39, 0.29) is 18.0 Å². The van der Waals surface area contributed by atoms with Gasteiger partial charge in [-0.2, -0.15) is 0 Å². The fraction of sp³-hybridized carbons (Fsp3) is 0.500. The number of nitrogens with one attached hydrogen (secondary N) is 2. The van der Waals surface area contributed by atoms with Gasteiger partial charge < -0.3 is 10.1 Å². The van der Waals surface area contributed by atoms with Crippen molar-refractivity contribution in [1.29, 1.82) is 0 Å². The fourth-order valence-corrected chi connectivity index (χ4v) is 2.38. The number of rotatable bonds is 6. The maximum atomic E-state index is 11.7. The molecule has 106 valence electrons. The van der Waals surface area contributed by atoms with E-state index >= 15 is 0 Å². The summed E-state index contributed by atoms with van der Waals surface area (Å²) in [5.74, 6) is 0.814. The average molecular weight is 329 g/mol. The third kappa shape index (κ3) is 4.51. The Labute approximate surface area is 123 Å². The van der Waals surface area contributed by atoms with Crippen LogP contribution in [0.4, 0.5) is 0 Å². The van der Waals surface area contributed by atoms with E-state index in [9.17, 15) is 4.79 Å². The van der Waals surface area contributed by atoms with Gasteiger partial charge in [-0.25, -0.2) is 0 Å². The third-order valence-electron chi connectivity index (χ3n) is 2.92. The van der Waals surface area contributed by atoms with E-state index in [1.807, 2.05) is 39.0 Å². The van der Waals surface area contributed by atoms with Crippen LogP contribution in [0.1, 0.15) is 32.4 Å². The van der Waals surface area contributed by atoms with Gasteiger partial charge in [0.2, 0.25) is 5.91 Å². The number of hydrogen-bond donors (Lipinski definition) is 2. The molecule has 0 unspecified atom stereocenters. The lowest BCUT2D eigenvalue weighted by molar-refractivity contribution is -0.122. The van der Waals surface area contributed by atoms with E-state index in [1.54, 1.807) is 7.11 Å². The summed E-state index contributed by atoms with van der Waals surface area (Å²) in [7, 11) is 1.64. The quantitative estimate of drug-likeness (QED) is 0.844. The molecule has 5 heteroatoms. The summed E-state index contributed by atoms with van der Waals surface area (Å²) < 4.78 is 6.11. The Morgan fingerprint density at radius 3 is 2.63 bits per heavy atom. The molecule has 0 aliphatic heterocycles. The molecule has 2 N–H and O–H groups in total. The molecule has 1 amide bonds. The number of hydrogen-bond acceptors (Lipinski definition) is 3. The number of benzene rings is 1. The van der Waals surface area contributed by atoms with Gasteiger partial charge in [0, 0.05) is 12.6 Å². The molecule has 2 atom stereocenters. The van der Waals surface area contributed by atoms with E-state index in [2.05, 4.69) is 26.6 Å². The monoisotopic (exact) mass is 328 g/mol. The minimum Gasteiger partial charge on any atom is -0.496 e. The zero-order chi connectivity index (χ0) is 14.4. The van der Waals surface area contributed by atoms with E-state index in [1.165, 1.54) is 0 Å². The first-order valence-electron chi connectivity index (χ1n) is 6.36. The van der Waals surface area contributed by atoms with Crippen LogP contribution in [0.2, 0.25) is 0 Å². The van der Waals surface area contributed by atoms with Crippen LogP contribution in [0.15, 0.2) is 22.7 Å². The second kappa shape index (κ2) is 7.50. The molecule has 0 saturated carbocycles. The van der Waals surface area contributed by atoms with Crippen molar-refractivity contribution in [2.45, 2.75) is 32.9 Å². The lowest BCUT2D eigenvalue weighted by Gasteiger charge is -2.20.